The van der Waals surface area contributed by atoms with Gasteiger partial charge in [-0.05, 0) is 43.7 Å². The molecule has 0 saturated heterocycles. The molecule has 1 N–H and O–H groups in total. The predicted molar refractivity (Wildman–Crippen MR) is 91.5 cm³/mol. The van der Waals surface area contributed by atoms with Gasteiger partial charge >= 0.3 is 0 Å². The number of hydrogen-bond acceptors (Lipinski definition) is 2. The Labute approximate surface area is 135 Å². The Balaban J connectivity index is 2.10. The van der Waals surface area contributed by atoms with Crippen molar-refractivity contribution in [2.75, 3.05) is 11.9 Å². The van der Waals surface area contributed by atoms with Crippen LogP contribution in [0.3, 0.4) is 0 Å². The fourth-order valence-electron chi connectivity index (χ4n) is 1.99. The van der Waals surface area contributed by atoms with E-state index in [2.05, 4.69) is 5.32 Å². The van der Waals surface area contributed by atoms with Crippen molar-refractivity contribution in [3.05, 3.63) is 64.7 Å². The molecule has 22 heavy (non-hydrogen) atoms. The minimum Gasteiger partial charge on any atom is -0.493 e. The van der Waals surface area contributed by atoms with Crippen molar-refractivity contribution in [2.24, 2.45) is 0 Å². The highest BCUT2D eigenvalue weighted by molar-refractivity contribution is 6.31. The van der Waals surface area contributed by atoms with Crippen LogP contribution in [-0.4, -0.2) is 12.5 Å². The van der Waals surface area contributed by atoms with Crippen molar-refractivity contribution in [3.8, 4) is 5.75 Å². The summed E-state index contributed by atoms with van der Waals surface area (Å²) in [6, 6.07) is 13.0. The number of hydrogen-bond donors (Lipinski definition) is 1. The third kappa shape index (κ3) is 4.12. The van der Waals surface area contributed by atoms with E-state index in [9.17, 15) is 4.79 Å². The molecule has 0 unspecified atom stereocenters. The van der Waals surface area contributed by atoms with Gasteiger partial charge in [0.1, 0.15) is 5.75 Å². The maximum atomic E-state index is 12.0. The second-order valence-corrected chi connectivity index (χ2v) is 5.11. The SMILES string of the molecule is CCOc1ccccc1/C=C/C(=O)Nc1cccc(Cl)c1C. The smallest absolute Gasteiger partial charge is 0.248 e. The topological polar surface area (TPSA) is 38.3 Å². The number of benzene rings is 2. The number of carbonyl (C=O) groups excluding carboxylic acids is 1. The van der Waals surface area contributed by atoms with Crippen molar-refractivity contribution in [1.29, 1.82) is 0 Å². The fraction of sp³-hybridized carbons (Fsp3) is 0.167. The van der Waals surface area contributed by atoms with E-state index in [1.165, 1.54) is 6.08 Å². The minimum atomic E-state index is -0.211. The third-order valence-electron chi connectivity index (χ3n) is 3.16. The highest BCUT2D eigenvalue weighted by Crippen LogP contribution is 2.23. The molecule has 2 aromatic rings. The summed E-state index contributed by atoms with van der Waals surface area (Å²) in [7, 11) is 0. The second kappa shape index (κ2) is 7.66. The molecule has 0 aromatic heterocycles. The number of halogens is 1. The van der Waals surface area contributed by atoms with E-state index in [-0.39, 0.29) is 5.91 Å². The Bertz CT molecular complexity index is 695. The van der Waals surface area contributed by atoms with Crippen LogP contribution in [-0.2, 0) is 4.79 Å². The molecular weight excluding hydrogens is 298 g/mol. The summed E-state index contributed by atoms with van der Waals surface area (Å²) in [5, 5.41) is 3.45. The van der Waals surface area contributed by atoms with Crippen LogP contribution in [0.5, 0.6) is 5.75 Å². The summed E-state index contributed by atoms with van der Waals surface area (Å²) >= 11 is 6.04. The van der Waals surface area contributed by atoms with Crippen LogP contribution in [0.4, 0.5) is 5.69 Å². The molecule has 1 amide bonds. The minimum absolute atomic E-state index is 0.211. The van der Waals surface area contributed by atoms with E-state index in [1.54, 1.807) is 18.2 Å². The summed E-state index contributed by atoms with van der Waals surface area (Å²) in [4.78, 5) is 12.0. The highest BCUT2D eigenvalue weighted by atomic mass is 35.5. The van der Waals surface area contributed by atoms with E-state index in [1.807, 2.05) is 44.2 Å². The van der Waals surface area contributed by atoms with Crippen molar-refractivity contribution in [3.63, 3.8) is 0 Å². The van der Waals surface area contributed by atoms with Gasteiger partial charge in [-0.1, -0.05) is 35.9 Å². The molecule has 2 rings (SSSR count). The zero-order valence-corrected chi connectivity index (χ0v) is 13.4. The molecule has 0 bridgehead atoms. The van der Waals surface area contributed by atoms with E-state index >= 15 is 0 Å². The van der Waals surface area contributed by atoms with Gasteiger partial charge in [-0.2, -0.15) is 0 Å². The summed E-state index contributed by atoms with van der Waals surface area (Å²) in [5.74, 6) is 0.546. The van der Waals surface area contributed by atoms with E-state index in [0.29, 0.717) is 17.3 Å². The maximum absolute atomic E-state index is 12.0. The van der Waals surface area contributed by atoms with Crippen LogP contribution < -0.4 is 10.1 Å². The van der Waals surface area contributed by atoms with Gasteiger partial charge in [-0.15, -0.1) is 0 Å². The first kappa shape index (κ1) is 16.1. The zero-order chi connectivity index (χ0) is 15.9. The summed E-state index contributed by atoms with van der Waals surface area (Å²) in [6.45, 7) is 4.37. The normalized spacial score (nSPS) is 10.7. The van der Waals surface area contributed by atoms with Crippen LogP contribution in [0.2, 0.25) is 5.02 Å². The Kier molecular flexibility index (Phi) is 5.61. The van der Waals surface area contributed by atoms with Gasteiger partial charge in [0.25, 0.3) is 0 Å². The fourth-order valence-corrected chi connectivity index (χ4v) is 2.16. The molecule has 0 heterocycles. The molecule has 0 radical (unpaired) electrons. The highest BCUT2D eigenvalue weighted by Gasteiger charge is 2.05. The number of amides is 1. The van der Waals surface area contributed by atoms with Crippen molar-refractivity contribution in [1.82, 2.24) is 0 Å². The molecule has 0 aliphatic rings. The Hall–Kier alpha value is -2.26. The van der Waals surface area contributed by atoms with Crippen LogP contribution in [0.25, 0.3) is 6.08 Å². The molecule has 0 aliphatic heterocycles. The van der Waals surface area contributed by atoms with Gasteiger partial charge in [0.2, 0.25) is 5.91 Å². The van der Waals surface area contributed by atoms with Crippen LogP contribution in [0.15, 0.2) is 48.5 Å². The van der Waals surface area contributed by atoms with Crippen LogP contribution in [0, 0.1) is 6.92 Å². The lowest BCUT2D eigenvalue weighted by Crippen LogP contribution is -2.09. The van der Waals surface area contributed by atoms with Gasteiger partial charge in [0.05, 0.1) is 6.61 Å². The molecule has 2 aromatic carbocycles. The van der Waals surface area contributed by atoms with E-state index in [4.69, 9.17) is 16.3 Å². The molecular formula is C18H18ClNO2. The number of carbonyl (C=O) groups is 1. The maximum Gasteiger partial charge on any atom is 0.248 e. The molecule has 0 saturated carbocycles. The number of nitrogens with one attached hydrogen (secondary N) is 1. The molecule has 114 valence electrons. The molecule has 4 heteroatoms. The lowest BCUT2D eigenvalue weighted by atomic mass is 10.1. The standard InChI is InChI=1S/C18H18ClNO2/c1-3-22-17-10-5-4-7-14(17)11-12-18(21)20-16-9-6-8-15(19)13(16)2/h4-12H,3H2,1-2H3,(H,20,21)/b12-11+. The first-order chi connectivity index (χ1) is 10.6. The lowest BCUT2D eigenvalue weighted by Gasteiger charge is -2.08. The molecule has 0 fully saturated rings. The molecule has 0 spiro atoms. The van der Waals surface area contributed by atoms with Crippen molar-refractivity contribution in [2.45, 2.75) is 13.8 Å². The number of rotatable bonds is 5. The average molecular weight is 316 g/mol. The Morgan fingerprint density at radius 1 is 1.23 bits per heavy atom. The van der Waals surface area contributed by atoms with Crippen molar-refractivity contribution < 1.29 is 9.53 Å². The van der Waals surface area contributed by atoms with E-state index in [0.717, 1.165) is 16.9 Å². The monoisotopic (exact) mass is 315 g/mol. The van der Waals surface area contributed by atoms with Gasteiger partial charge in [-0.3, -0.25) is 4.79 Å². The van der Waals surface area contributed by atoms with E-state index < -0.39 is 0 Å². The summed E-state index contributed by atoms with van der Waals surface area (Å²) in [5.41, 5.74) is 2.42. The van der Waals surface area contributed by atoms with Crippen LogP contribution in [0.1, 0.15) is 18.1 Å². The zero-order valence-electron chi connectivity index (χ0n) is 12.6. The quantitative estimate of drug-likeness (QED) is 0.812. The Morgan fingerprint density at radius 3 is 2.77 bits per heavy atom. The average Bonchev–Trinajstić information content (AvgIpc) is 2.51. The van der Waals surface area contributed by atoms with Gasteiger partial charge in [-0.25, -0.2) is 0 Å². The lowest BCUT2D eigenvalue weighted by molar-refractivity contribution is -0.111. The molecule has 3 nitrogen and oxygen atoms in total. The summed E-state index contributed by atoms with van der Waals surface area (Å²) < 4.78 is 5.52. The predicted octanol–water partition coefficient (Wildman–Crippen LogP) is 4.70. The van der Waals surface area contributed by atoms with Gasteiger partial charge in [0, 0.05) is 22.3 Å². The number of anilines is 1. The largest absolute Gasteiger partial charge is 0.493 e. The number of ether oxygens (including phenoxy) is 1. The van der Waals surface area contributed by atoms with Crippen molar-refractivity contribution >= 4 is 29.3 Å². The first-order valence-corrected chi connectivity index (χ1v) is 7.45. The third-order valence-corrected chi connectivity index (χ3v) is 3.57. The van der Waals surface area contributed by atoms with Gasteiger partial charge < -0.3 is 10.1 Å². The number of para-hydroxylation sites is 1. The first-order valence-electron chi connectivity index (χ1n) is 7.08. The molecule has 0 aliphatic carbocycles. The second-order valence-electron chi connectivity index (χ2n) is 4.71. The summed E-state index contributed by atoms with van der Waals surface area (Å²) in [6.07, 6.45) is 3.22. The Morgan fingerprint density at radius 2 is 2.00 bits per heavy atom. The van der Waals surface area contributed by atoms with Crippen LogP contribution >= 0.6 is 11.6 Å². The van der Waals surface area contributed by atoms with Gasteiger partial charge in [0.15, 0.2) is 0 Å². The molecule has 0 atom stereocenters.